The Morgan fingerprint density at radius 2 is 1.95 bits per heavy atom. The molecule has 1 aromatic heterocycles. The number of benzene rings is 1. The van der Waals surface area contributed by atoms with Crippen LogP contribution in [0, 0.1) is 0 Å². The molecule has 0 amide bonds. The number of rotatable bonds is 3. The van der Waals surface area contributed by atoms with E-state index in [9.17, 15) is 5.11 Å². The maximum atomic E-state index is 10.3. The normalized spacial score (nSPS) is 19.7. The van der Waals surface area contributed by atoms with Gasteiger partial charge in [0.2, 0.25) is 0 Å². The molecule has 2 atom stereocenters. The van der Waals surface area contributed by atoms with E-state index >= 15 is 0 Å². The number of fused-ring (bicyclic) bond motifs is 1. The predicted octanol–water partition coefficient (Wildman–Crippen LogP) is 3.02. The van der Waals surface area contributed by atoms with Gasteiger partial charge in [0.1, 0.15) is 6.10 Å². The molecule has 2 aromatic rings. The van der Waals surface area contributed by atoms with Crippen molar-refractivity contribution in [3.63, 3.8) is 0 Å². The van der Waals surface area contributed by atoms with Crippen LogP contribution in [0.3, 0.4) is 0 Å². The van der Waals surface area contributed by atoms with E-state index in [-0.39, 0.29) is 0 Å². The van der Waals surface area contributed by atoms with Gasteiger partial charge in [0.05, 0.1) is 0 Å². The van der Waals surface area contributed by atoms with Gasteiger partial charge in [-0.1, -0.05) is 24.3 Å². The topological polar surface area (TPSA) is 46.0 Å². The van der Waals surface area contributed by atoms with Gasteiger partial charge < -0.3 is 5.11 Å². The Bertz CT molecular complexity index is 541. The Morgan fingerprint density at radius 1 is 1.16 bits per heavy atom. The van der Waals surface area contributed by atoms with Crippen LogP contribution in [0.25, 0.3) is 0 Å². The van der Waals surface area contributed by atoms with Gasteiger partial charge in [-0.15, -0.1) is 0 Å². The second-order valence-electron chi connectivity index (χ2n) is 5.15. The van der Waals surface area contributed by atoms with Crippen LogP contribution >= 0.6 is 0 Å². The standard InChI is InChI=1S/C16H18N2O/c19-15(16-17-9-4-10-18-16)11-13-7-3-6-12-5-1-2-8-14(12)13/h1-2,4-5,8-10,13,15,19H,3,6-7,11H2. The molecule has 0 radical (unpaired) electrons. The molecule has 98 valence electrons. The third kappa shape index (κ3) is 2.66. The largest absolute Gasteiger partial charge is 0.385 e. The van der Waals surface area contributed by atoms with Crippen LogP contribution in [0.1, 0.15) is 48.2 Å². The van der Waals surface area contributed by atoms with E-state index in [0.29, 0.717) is 18.2 Å². The van der Waals surface area contributed by atoms with E-state index in [1.165, 1.54) is 17.5 Å². The summed E-state index contributed by atoms with van der Waals surface area (Å²) in [5.74, 6) is 0.953. The summed E-state index contributed by atoms with van der Waals surface area (Å²) in [5, 5.41) is 10.3. The summed E-state index contributed by atoms with van der Waals surface area (Å²) in [6, 6.07) is 10.3. The van der Waals surface area contributed by atoms with Crippen molar-refractivity contribution in [3.05, 3.63) is 59.7 Å². The monoisotopic (exact) mass is 254 g/mol. The van der Waals surface area contributed by atoms with E-state index in [0.717, 1.165) is 12.8 Å². The first-order valence-electron chi connectivity index (χ1n) is 6.87. The van der Waals surface area contributed by atoms with Crippen LogP contribution < -0.4 is 0 Å². The molecule has 0 bridgehead atoms. The molecule has 0 spiro atoms. The van der Waals surface area contributed by atoms with Gasteiger partial charge in [-0.25, -0.2) is 9.97 Å². The van der Waals surface area contributed by atoms with E-state index in [1.54, 1.807) is 18.5 Å². The summed E-state index contributed by atoms with van der Waals surface area (Å²) in [7, 11) is 0. The molecule has 1 aliphatic rings. The molecule has 3 rings (SSSR count). The zero-order valence-corrected chi connectivity index (χ0v) is 10.9. The molecule has 0 saturated carbocycles. The summed E-state index contributed by atoms with van der Waals surface area (Å²) in [6.45, 7) is 0. The summed E-state index contributed by atoms with van der Waals surface area (Å²) in [5.41, 5.74) is 2.82. The maximum Gasteiger partial charge on any atom is 0.156 e. The lowest BCUT2D eigenvalue weighted by Crippen LogP contribution is -2.14. The average molecular weight is 254 g/mol. The van der Waals surface area contributed by atoms with Crippen LogP contribution in [0.15, 0.2) is 42.7 Å². The van der Waals surface area contributed by atoms with Crippen LogP contribution in [0.4, 0.5) is 0 Å². The van der Waals surface area contributed by atoms with E-state index in [1.807, 2.05) is 0 Å². The second kappa shape index (κ2) is 5.49. The fraction of sp³-hybridized carbons (Fsp3) is 0.375. The highest BCUT2D eigenvalue weighted by Crippen LogP contribution is 2.36. The van der Waals surface area contributed by atoms with Gasteiger partial charge in [-0.05, 0) is 48.8 Å². The first-order valence-corrected chi connectivity index (χ1v) is 6.87. The van der Waals surface area contributed by atoms with Crippen molar-refractivity contribution < 1.29 is 5.11 Å². The van der Waals surface area contributed by atoms with Gasteiger partial charge in [-0.3, -0.25) is 0 Å². The zero-order valence-electron chi connectivity index (χ0n) is 10.9. The SMILES string of the molecule is OC(CC1CCCc2ccccc21)c1ncccn1. The molecule has 0 fully saturated rings. The molecule has 1 heterocycles. The fourth-order valence-corrected chi connectivity index (χ4v) is 2.96. The third-order valence-corrected chi connectivity index (χ3v) is 3.89. The minimum Gasteiger partial charge on any atom is -0.385 e. The number of hydrogen-bond acceptors (Lipinski definition) is 3. The minimum atomic E-state index is -0.572. The van der Waals surface area contributed by atoms with E-state index in [4.69, 9.17) is 0 Å². The number of aliphatic hydroxyl groups excluding tert-OH is 1. The first kappa shape index (κ1) is 12.3. The summed E-state index contributed by atoms with van der Waals surface area (Å²) in [6.07, 6.45) is 6.99. The Kier molecular flexibility index (Phi) is 3.56. The van der Waals surface area contributed by atoms with Crippen molar-refractivity contribution in [2.24, 2.45) is 0 Å². The number of hydrogen-bond donors (Lipinski definition) is 1. The average Bonchev–Trinajstić information content (AvgIpc) is 2.48. The van der Waals surface area contributed by atoms with Gasteiger partial charge >= 0.3 is 0 Å². The predicted molar refractivity (Wildman–Crippen MR) is 73.7 cm³/mol. The van der Waals surface area contributed by atoms with Crippen molar-refractivity contribution in [2.45, 2.75) is 37.7 Å². The molecular weight excluding hydrogens is 236 g/mol. The first-order chi connectivity index (χ1) is 9.34. The number of aryl methyl sites for hydroxylation is 1. The Labute approximate surface area is 113 Å². The maximum absolute atomic E-state index is 10.3. The Morgan fingerprint density at radius 3 is 2.79 bits per heavy atom. The molecule has 3 heteroatoms. The van der Waals surface area contributed by atoms with Crippen molar-refractivity contribution in [1.82, 2.24) is 9.97 Å². The quantitative estimate of drug-likeness (QED) is 0.915. The lowest BCUT2D eigenvalue weighted by Gasteiger charge is -2.26. The Balaban J connectivity index is 1.78. The molecule has 3 nitrogen and oxygen atoms in total. The van der Waals surface area contributed by atoms with Crippen LogP contribution in [0.5, 0.6) is 0 Å². The second-order valence-corrected chi connectivity index (χ2v) is 5.15. The Hall–Kier alpha value is -1.74. The lowest BCUT2D eigenvalue weighted by molar-refractivity contribution is 0.144. The van der Waals surface area contributed by atoms with E-state index < -0.39 is 6.10 Å². The fourth-order valence-electron chi connectivity index (χ4n) is 2.96. The molecule has 1 aromatic carbocycles. The van der Waals surface area contributed by atoms with Gasteiger partial charge in [0.15, 0.2) is 5.82 Å². The highest BCUT2D eigenvalue weighted by molar-refractivity contribution is 5.32. The van der Waals surface area contributed by atoms with Crippen molar-refractivity contribution in [2.75, 3.05) is 0 Å². The highest BCUT2D eigenvalue weighted by atomic mass is 16.3. The molecule has 2 unspecified atom stereocenters. The summed E-state index contributed by atoms with van der Waals surface area (Å²) < 4.78 is 0. The van der Waals surface area contributed by atoms with Crippen LogP contribution in [0.2, 0.25) is 0 Å². The van der Waals surface area contributed by atoms with E-state index in [2.05, 4.69) is 34.2 Å². The molecule has 0 saturated heterocycles. The summed E-state index contributed by atoms with van der Waals surface area (Å²) >= 11 is 0. The van der Waals surface area contributed by atoms with Crippen LogP contribution in [-0.4, -0.2) is 15.1 Å². The lowest BCUT2D eigenvalue weighted by atomic mass is 9.80. The van der Waals surface area contributed by atoms with Crippen molar-refractivity contribution in [3.8, 4) is 0 Å². The molecule has 19 heavy (non-hydrogen) atoms. The number of aromatic nitrogens is 2. The molecule has 0 aliphatic heterocycles. The number of aliphatic hydroxyl groups is 1. The van der Waals surface area contributed by atoms with Gasteiger partial charge in [-0.2, -0.15) is 0 Å². The number of nitrogens with zero attached hydrogens (tertiary/aromatic N) is 2. The van der Waals surface area contributed by atoms with Gasteiger partial charge in [0, 0.05) is 12.4 Å². The molecule has 1 N–H and O–H groups in total. The zero-order chi connectivity index (χ0) is 13.1. The third-order valence-electron chi connectivity index (χ3n) is 3.89. The minimum absolute atomic E-state index is 0.420. The van der Waals surface area contributed by atoms with Gasteiger partial charge in [0.25, 0.3) is 0 Å². The van der Waals surface area contributed by atoms with Crippen LogP contribution in [-0.2, 0) is 6.42 Å². The summed E-state index contributed by atoms with van der Waals surface area (Å²) in [4.78, 5) is 8.28. The highest BCUT2D eigenvalue weighted by Gasteiger charge is 2.23. The smallest absolute Gasteiger partial charge is 0.156 e. The molecular formula is C16H18N2O. The van der Waals surface area contributed by atoms with Crippen molar-refractivity contribution >= 4 is 0 Å². The molecule has 1 aliphatic carbocycles. The van der Waals surface area contributed by atoms with Crippen molar-refractivity contribution in [1.29, 1.82) is 0 Å².